The fourth-order valence-corrected chi connectivity index (χ4v) is 6.50. The van der Waals surface area contributed by atoms with Crippen LogP contribution < -0.4 is 0 Å². The van der Waals surface area contributed by atoms with E-state index in [0.717, 1.165) is 25.7 Å². The highest BCUT2D eigenvalue weighted by Gasteiger charge is 2.79. The lowest BCUT2D eigenvalue weighted by Gasteiger charge is -2.37. The van der Waals surface area contributed by atoms with Crippen LogP contribution in [0.5, 0.6) is 0 Å². The maximum atomic E-state index is 14.1. The highest BCUT2D eigenvalue weighted by Crippen LogP contribution is 2.64. The van der Waals surface area contributed by atoms with Crippen molar-refractivity contribution in [2.24, 2.45) is 11.8 Å². The third-order valence-electron chi connectivity index (χ3n) is 8.22. The predicted octanol–water partition coefficient (Wildman–Crippen LogP) is 3.24. The van der Waals surface area contributed by atoms with Crippen molar-refractivity contribution in [1.82, 2.24) is 9.80 Å². The van der Waals surface area contributed by atoms with Crippen molar-refractivity contribution >= 4 is 17.8 Å². The Labute approximate surface area is 215 Å². The number of likely N-dealkylation sites (tertiary alicyclic amines) is 1. The molecule has 202 valence electrons. The van der Waals surface area contributed by atoms with Gasteiger partial charge in [0.05, 0.1) is 18.1 Å². The summed E-state index contributed by atoms with van der Waals surface area (Å²) in [5, 5.41) is 9.51. The average molecular weight is 505 g/mol. The van der Waals surface area contributed by atoms with Gasteiger partial charge in [-0.1, -0.05) is 38.8 Å². The van der Waals surface area contributed by atoms with E-state index in [1.54, 1.807) is 22.0 Å². The zero-order chi connectivity index (χ0) is 26.3. The van der Waals surface area contributed by atoms with Crippen LogP contribution in [0.25, 0.3) is 0 Å². The molecule has 0 aromatic carbocycles. The standard InChI is InChI=1S/C28H44N2O6/c1-5-9-11-17-29(16-7-3)25(33)23-28-15-14-27(8-4,36-28)22(26(34)35-20-12-10-6-2)21(28)24(32)30(23)18-13-19-31/h6-7,21-23,31H,2-3,5,8-20H2,1,4H3/t21-,22+,23?,27-,28?/m0/s1. The molecule has 0 saturated carbocycles. The summed E-state index contributed by atoms with van der Waals surface area (Å²) >= 11 is 0. The zero-order valence-electron chi connectivity index (χ0n) is 22.1. The van der Waals surface area contributed by atoms with Crippen LogP contribution in [0.2, 0.25) is 0 Å². The minimum absolute atomic E-state index is 0.0935. The molecule has 0 aliphatic carbocycles. The fourth-order valence-electron chi connectivity index (χ4n) is 6.50. The van der Waals surface area contributed by atoms with Gasteiger partial charge in [0.15, 0.2) is 0 Å². The Morgan fingerprint density at radius 2 is 1.97 bits per heavy atom. The number of esters is 1. The average Bonchev–Trinajstić information content (AvgIpc) is 3.48. The summed E-state index contributed by atoms with van der Waals surface area (Å²) in [6, 6.07) is -0.824. The maximum absolute atomic E-state index is 14.1. The van der Waals surface area contributed by atoms with Crippen LogP contribution in [0.1, 0.15) is 71.6 Å². The van der Waals surface area contributed by atoms with Crippen LogP contribution in [0.3, 0.4) is 0 Å². The first kappa shape index (κ1) is 28.4. The molecule has 8 heteroatoms. The second kappa shape index (κ2) is 12.4. The maximum Gasteiger partial charge on any atom is 0.312 e. The van der Waals surface area contributed by atoms with Crippen LogP contribution in [-0.2, 0) is 23.9 Å². The Hall–Kier alpha value is -2.19. The van der Waals surface area contributed by atoms with Gasteiger partial charge < -0.3 is 24.4 Å². The Morgan fingerprint density at radius 1 is 1.19 bits per heavy atom. The normalized spacial score (nSPS) is 30.4. The summed E-state index contributed by atoms with van der Waals surface area (Å²) in [5.74, 6) is -2.31. The van der Waals surface area contributed by atoms with E-state index in [9.17, 15) is 19.5 Å². The number of nitrogens with zero attached hydrogens (tertiary/aromatic N) is 2. The number of unbranched alkanes of at least 4 members (excludes halogenated alkanes) is 3. The van der Waals surface area contributed by atoms with E-state index in [2.05, 4.69) is 20.1 Å². The molecule has 1 spiro atoms. The third-order valence-corrected chi connectivity index (χ3v) is 8.22. The van der Waals surface area contributed by atoms with Crippen molar-refractivity contribution in [1.29, 1.82) is 0 Å². The van der Waals surface area contributed by atoms with Crippen molar-refractivity contribution in [3.63, 3.8) is 0 Å². The number of ether oxygens (including phenoxy) is 2. The number of carbonyl (C=O) groups excluding carboxylic acids is 3. The highest BCUT2D eigenvalue weighted by molar-refractivity contribution is 5.98. The van der Waals surface area contributed by atoms with Crippen LogP contribution >= 0.6 is 0 Å². The first-order valence-electron chi connectivity index (χ1n) is 13.7. The predicted molar refractivity (Wildman–Crippen MR) is 137 cm³/mol. The molecule has 0 aromatic rings. The van der Waals surface area contributed by atoms with Gasteiger partial charge >= 0.3 is 5.97 Å². The van der Waals surface area contributed by atoms with E-state index in [-0.39, 0.29) is 31.6 Å². The van der Waals surface area contributed by atoms with Gasteiger partial charge in [-0.05, 0) is 44.9 Å². The lowest BCUT2D eigenvalue weighted by molar-refractivity contribution is -0.162. The number of fused-ring (bicyclic) bond motifs is 1. The van der Waals surface area contributed by atoms with E-state index in [1.165, 1.54) is 0 Å². The van der Waals surface area contributed by atoms with Crippen LogP contribution in [0, 0.1) is 11.8 Å². The van der Waals surface area contributed by atoms with E-state index in [0.29, 0.717) is 45.2 Å². The lowest BCUT2D eigenvalue weighted by Crippen LogP contribution is -2.56. The zero-order valence-corrected chi connectivity index (χ0v) is 22.1. The molecule has 3 heterocycles. The second-order valence-corrected chi connectivity index (χ2v) is 10.3. The van der Waals surface area contributed by atoms with Crippen molar-refractivity contribution in [2.45, 2.75) is 88.9 Å². The molecule has 3 rings (SSSR count). The summed E-state index contributed by atoms with van der Waals surface area (Å²) in [7, 11) is 0. The summed E-state index contributed by atoms with van der Waals surface area (Å²) in [5.41, 5.74) is -1.86. The molecule has 2 amide bonds. The van der Waals surface area contributed by atoms with E-state index >= 15 is 0 Å². The van der Waals surface area contributed by atoms with Gasteiger partial charge in [0.25, 0.3) is 0 Å². The molecule has 5 atom stereocenters. The van der Waals surface area contributed by atoms with Gasteiger partial charge in [0.1, 0.15) is 17.6 Å². The smallest absolute Gasteiger partial charge is 0.312 e. The van der Waals surface area contributed by atoms with Crippen LogP contribution in [0.15, 0.2) is 25.3 Å². The summed E-state index contributed by atoms with van der Waals surface area (Å²) in [6.07, 6.45) is 9.86. The number of allylic oxidation sites excluding steroid dienone is 1. The third kappa shape index (κ3) is 4.99. The first-order chi connectivity index (χ1) is 17.4. The van der Waals surface area contributed by atoms with Crippen LogP contribution in [-0.4, -0.2) is 82.8 Å². The summed E-state index contributed by atoms with van der Waals surface area (Å²) in [4.78, 5) is 44.8. The Kier molecular flexibility index (Phi) is 9.75. The molecule has 0 aromatic heterocycles. The second-order valence-electron chi connectivity index (χ2n) is 10.3. The molecule has 3 fully saturated rings. The summed E-state index contributed by atoms with van der Waals surface area (Å²) in [6.45, 7) is 13.0. The molecule has 36 heavy (non-hydrogen) atoms. The van der Waals surface area contributed by atoms with Crippen molar-refractivity contribution in [2.75, 3.05) is 32.8 Å². The number of amides is 2. The van der Waals surface area contributed by atoms with Gasteiger partial charge in [0, 0.05) is 26.2 Å². The van der Waals surface area contributed by atoms with Crippen molar-refractivity contribution < 1.29 is 29.0 Å². The molecular weight excluding hydrogens is 460 g/mol. The van der Waals surface area contributed by atoms with Crippen molar-refractivity contribution in [3.8, 4) is 0 Å². The molecule has 3 saturated heterocycles. The van der Waals surface area contributed by atoms with E-state index in [1.807, 2.05) is 6.92 Å². The topological polar surface area (TPSA) is 96.4 Å². The van der Waals surface area contributed by atoms with Crippen LogP contribution in [0.4, 0.5) is 0 Å². The minimum Gasteiger partial charge on any atom is -0.465 e. The molecule has 3 aliphatic rings. The molecule has 2 unspecified atom stereocenters. The first-order valence-corrected chi connectivity index (χ1v) is 13.7. The molecule has 0 radical (unpaired) electrons. The lowest BCUT2D eigenvalue weighted by atomic mass is 9.65. The number of aliphatic hydroxyl groups excluding tert-OH is 1. The van der Waals surface area contributed by atoms with Gasteiger partial charge in [-0.25, -0.2) is 0 Å². The number of carbonyl (C=O) groups is 3. The number of rotatable bonds is 16. The Balaban J connectivity index is 1.97. The number of aliphatic hydroxyl groups is 1. The van der Waals surface area contributed by atoms with E-state index in [4.69, 9.17) is 9.47 Å². The van der Waals surface area contributed by atoms with Gasteiger partial charge in [-0.15, -0.1) is 13.2 Å². The molecule has 2 bridgehead atoms. The van der Waals surface area contributed by atoms with Crippen molar-refractivity contribution in [3.05, 3.63) is 25.3 Å². The highest BCUT2D eigenvalue weighted by atomic mass is 16.6. The van der Waals surface area contributed by atoms with Gasteiger partial charge in [0.2, 0.25) is 11.8 Å². The Morgan fingerprint density at radius 3 is 2.61 bits per heavy atom. The van der Waals surface area contributed by atoms with Gasteiger partial charge in [-0.2, -0.15) is 0 Å². The van der Waals surface area contributed by atoms with E-state index < -0.39 is 35.0 Å². The number of hydrogen-bond acceptors (Lipinski definition) is 6. The quantitative estimate of drug-likeness (QED) is 0.197. The molecule has 3 aliphatic heterocycles. The Bertz CT molecular complexity index is 831. The molecule has 8 nitrogen and oxygen atoms in total. The molecule has 1 N–H and O–H groups in total. The van der Waals surface area contributed by atoms with Gasteiger partial charge in [-0.3, -0.25) is 14.4 Å². The monoisotopic (exact) mass is 504 g/mol. The largest absolute Gasteiger partial charge is 0.465 e. The molecular formula is C28H44N2O6. The number of hydrogen-bond donors (Lipinski definition) is 1. The minimum atomic E-state index is -1.06. The summed E-state index contributed by atoms with van der Waals surface area (Å²) < 4.78 is 12.4. The SMILES string of the molecule is C=CCCCOC(=O)[C@H]1[C@H]2C(=O)N(CCCO)C(C(=O)N(CC=C)CCCCC)C23CC[C@]1(CC)O3. The fraction of sp³-hybridized carbons (Fsp3) is 0.750.